The van der Waals surface area contributed by atoms with Gasteiger partial charge in [-0.1, -0.05) is 26.3 Å². The summed E-state index contributed by atoms with van der Waals surface area (Å²) in [6, 6.07) is 9.55. The van der Waals surface area contributed by atoms with Gasteiger partial charge in [0.1, 0.15) is 11.6 Å². The van der Waals surface area contributed by atoms with Crippen molar-refractivity contribution in [2.45, 2.75) is 26.3 Å². The summed E-state index contributed by atoms with van der Waals surface area (Å²) in [6.07, 6.45) is 0.784. The SMILES string of the molecule is CCC(C)C(N)C(=O)Nc1ccc(OC)c(NC(=O)c2cccc(F)c2)c1.Cl. The van der Waals surface area contributed by atoms with Gasteiger partial charge in [0.15, 0.2) is 0 Å². The zero-order chi connectivity index (χ0) is 20.0. The first-order valence-electron chi connectivity index (χ1n) is 8.67. The van der Waals surface area contributed by atoms with Crippen LogP contribution in [0.15, 0.2) is 42.5 Å². The van der Waals surface area contributed by atoms with Crippen LogP contribution in [0.5, 0.6) is 5.75 Å². The number of ether oxygens (including phenoxy) is 1. The van der Waals surface area contributed by atoms with E-state index in [1.807, 2.05) is 13.8 Å². The number of methoxy groups -OCH3 is 1. The molecule has 0 radical (unpaired) electrons. The molecule has 6 nitrogen and oxygen atoms in total. The Kier molecular flexibility index (Phi) is 8.88. The molecular weight excluding hydrogens is 385 g/mol. The normalized spacial score (nSPS) is 12.3. The maximum absolute atomic E-state index is 13.3. The summed E-state index contributed by atoms with van der Waals surface area (Å²) in [4.78, 5) is 24.6. The van der Waals surface area contributed by atoms with E-state index in [2.05, 4.69) is 10.6 Å². The molecule has 2 unspecified atom stereocenters. The summed E-state index contributed by atoms with van der Waals surface area (Å²) in [7, 11) is 1.46. The predicted molar refractivity (Wildman–Crippen MR) is 111 cm³/mol. The van der Waals surface area contributed by atoms with Crippen LogP contribution in [-0.2, 0) is 4.79 Å². The van der Waals surface area contributed by atoms with Crippen LogP contribution in [0.2, 0.25) is 0 Å². The highest BCUT2D eigenvalue weighted by Gasteiger charge is 2.20. The average molecular weight is 410 g/mol. The van der Waals surface area contributed by atoms with Crippen LogP contribution in [0, 0.1) is 11.7 Å². The van der Waals surface area contributed by atoms with Crippen molar-refractivity contribution < 1.29 is 18.7 Å². The first kappa shape index (κ1) is 23.4. The molecule has 0 aliphatic rings. The summed E-state index contributed by atoms with van der Waals surface area (Å²) in [5.74, 6) is -0.862. The summed E-state index contributed by atoms with van der Waals surface area (Å²) < 4.78 is 18.6. The van der Waals surface area contributed by atoms with Crippen molar-refractivity contribution in [2.24, 2.45) is 11.7 Å². The molecule has 0 saturated heterocycles. The molecule has 0 heterocycles. The van der Waals surface area contributed by atoms with E-state index >= 15 is 0 Å². The fraction of sp³-hybridized carbons (Fsp3) is 0.300. The van der Waals surface area contributed by atoms with Crippen molar-refractivity contribution >= 4 is 35.6 Å². The minimum atomic E-state index is -0.637. The van der Waals surface area contributed by atoms with Gasteiger partial charge >= 0.3 is 0 Å². The highest BCUT2D eigenvalue weighted by atomic mass is 35.5. The van der Waals surface area contributed by atoms with Crippen LogP contribution in [0.1, 0.15) is 30.6 Å². The van der Waals surface area contributed by atoms with Crippen molar-refractivity contribution in [1.82, 2.24) is 0 Å². The number of nitrogens with one attached hydrogen (secondary N) is 2. The van der Waals surface area contributed by atoms with E-state index in [1.54, 1.807) is 18.2 Å². The summed E-state index contributed by atoms with van der Waals surface area (Å²) in [5, 5.41) is 5.41. The molecule has 2 aromatic rings. The number of carbonyl (C=O) groups excluding carboxylic acids is 2. The number of benzene rings is 2. The van der Waals surface area contributed by atoms with E-state index in [4.69, 9.17) is 10.5 Å². The molecule has 0 fully saturated rings. The van der Waals surface area contributed by atoms with E-state index in [-0.39, 0.29) is 29.8 Å². The minimum Gasteiger partial charge on any atom is -0.495 e. The van der Waals surface area contributed by atoms with Gasteiger partial charge in [0, 0.05) is 11.3 Å². The number of anilines is 2. The smallest absolute Gasteiger partial charge is 0.255 e. The second-order valence-electron chi connectivity index (χ2n) is 6.28. The van der Waals surface area contributed by atoms with Crippen LogP contribution in [0.25, 0.3) is 0 Å². The van der Waals surface area contributed by atoms with Crippen LogP contribution < -0.4 is 21.1 Å². The maximum Gasteiger partial charge on any atom is 0.255 e. The van der Waals surface area contributed by atoms with E-state index in [0.717, 1.165) is 12.5 Å². The molecule has 2 rings (SSSR count). The summed E-state index contributed by atoms with van der Waals surface area (Å²) in [6.45, 7) is 3.87. The first-order valence-corrected chi connectivity index (χ1v) is 8.67. The Morgan fingerprint density at radius 1 is 1.18 bits per heavy atom. The third kappa shape index (κ3) is 5.94. The number of hydrogen-bond acceptors (Lipinski definition) is 4. The predicted octanol–water partition coefficient (Wildman–Crippen LogP) is 3.82. The number of nitrogens with two attached hydrogens (primary N) is 1. The molecule has 2 amide bonds. The number of amides is 2. The maximum atomic E-state index is 13.3. The van der Waals surface area contributed by atoms with Crippen molar-refractivity contribution in [2.75, 3.05) is 17.7 Å². The molecule has 152 valence electrons. The summed E-state index contributed by atoms with van der Waals surface area (Å²) >= 11 is 0. The molecular formula is C20H25ClFN3O3. The van der Waals surface area contributed by atoms with E-state index in [0.29, 0.717) is 17.1 Å². The monoisotopic (exact) mass is 409 g/mol. The van der Waals surface area contributed by atoms with Gasteiger partial charge in [0.05, 0.1) is 18.8 Å². The fourth-order valence-electron chi connectivity index (χ4n) is 2.45. The van der Waals surface area contributed by atoms with Gasteiger partial charge in [-0.2, -0.15) is 0 Å². The lowest BCUT2D eigenvalue weighted by atomic mass is 9.99. The Morgan fingerprint density at radius 3 is 2.50 bits per heavy atom. The molecule has 0 spiro atoms. The van der Waals surface area contributed by atoms with Gasteiger partial charge in [-0.25, -0.2) is 4.39 Å². The molecule has 0 bridgehead atoms. The number of carbonyl (C=O) groups is 2. The minimum absolute atomic E-state index is 0. The number of hydrogen-bond donors (Lipinski definition) is 3. The third-order valence-electron chi connectivity index (χ3n) is 4.36. The Hall–Kier alpha value is -2.64. The fourth-order valence-corrected chi connectivity index (χ4v) is 2.45. The molecule has 28 heavy (non-hydrogen) atoms. The Bertz CT molecular complexity index is 832. The van der Waals surface area contributed by atoms with Crippen LogP contribution in [-0.4, -0.2) is 25.0 Å². The number of rotatable bonds is 7. The molecule has 4 N–H and O–H groups in total. The van der Waals surface area contributed by atoms with Gasteiger partial charge in [-0.05, 0) is 42.3 Å². The van der Waals surface area contributed by atoms with Crippen molar-refractivity contribution in [3.05, 3.63) is 53.8 Å². The highest BCUT2D eigenvalue weighted by Crippen LogP contribution is 2.28. The van der Waals surface area contributed by atoms with Gasteiger partial charge < -0.3 is 21.1 Å². The molecule has 0 aliphatic carbocycles. The molecule has 0 aromatic heterocycles. The van der Waals surface area contributed by atoms with E-state index in [9.17, 15) is 14.0 Å². The average Bonchev–Trinajstić information content (AvgIpc) is 2.66. The molecule has 2 aromatic carbocycles. The van der Waals surface area contributed by atoms with Crippen LogP contribution in [0.3, 0.4) is 0 Å². The zero-order valence-corrected chi connectivity index (χ0v) is 16.8. The van der Waals surface area contributed by atoms with Gasteiger partial charge in [0.25, 0.3) is 5.91 Å². The van der Waals surface area contributed by atoms with E-state index < -0.39 is 17.8 Å². The quantitative estimate of drug-likeness (QED) is 0.648. The molecule has 8 heteroatoms. The second-order valence-corrected chi connectivity index (χ2v) is 6.28. The summed E-state index contributed by atoms with van der Waals surface area (Å²) in [5.41, 5.74) is 6.93. The zero-order valence-electron chi connectivity index (χ0n) is 16.0. The lowest BCUT2D eigenvalue weighted by Gasteiger charge is -2.18. The lowest BCUT2D eigenvalue weighted by molar-refractivity contribution is -0.118. The standard InChI is InChI=1S/C20H24FN3O3.ClH/c1-4-12(2)18(22)20(26)23-15-8-9-17(27-3)16(11-15)24-19(25)13-6-5-7-14(21)10-13;/h5-12,18H,4,22H2,1-3H3,(H,23,26)(H,24,25);1H. The lowest BCUT2D eigenvalue weighted by Crippen LogP contribution is -2.40. The Morgan fingerprint density at radius 2 is 1.89 bits per heavy atom. The van der Waals surface area contributed by atoms with Crippen molar-refractivity contribution in [3.8, 4) is 5.75 Å². The van der Waals surface area contributed by atoms with Gasteiger partial charge in [-0.15, -0.1) is 12.4 Å². The van der Waals surface area contributed by atoms with Gasteiger partial charge in [0.2, 0.25) is 5.91 Å². The third-order valence-corrected chi connectivity index (χ3v) is 4.36. The Labute approximate surface area is 170 Å². The highest BCUT2D eigenvalue weighted by molar-refractivity contribution is 6.05. The van der Waals surface area contributed by atoms with Crippen molar-refractivity contribution in [1.29, 1.82) is 0 Å². The first-order chi connectivity index (χ1) is 12.8. The largest absolute Gasteiger partial charge is 0.495 e. The van der Waals surface area contributed by atoms with Crippen LogP contribution in [0.4, 0.5) is 15.8 Å². The Balaban J connectivity index is 0.00000392. The van der Waals surface area contributed by atoms with E-state index in [1.165, 1.54) is 25.3 Å². The second kappa shape index (κ2) is 10.6. The topological polar surface area (TPSA) is 93.5 Å². The number of halogens is 2. The van der Waals surface area contributed by atoms with Crippen molar-refractivity contribution in [3.63, 3.8) is 0 Å². The van der Waals surface area contributed by atoms with Gasteiger partial charge in [-0.3, -0.25) is 9.59 Å². The molecule has 0 saturated carbocycles. The molecule has 0 aliphatic heterocycles. The van der Waals surface area contributed by atoms with Crippen LogP contribution >= 0.6 is 12.4 Å². The molecule has 2 atom stereocenters.